The molecule has 5 rings (SSSR count). The van der Waals surface area contributed by atoms with Crippen LogP contribution in [0.4, 0.5) is 4.39 Å². The first-order valence-electron chi connectivity index (χ1n) is 10.3. The highest BCUT2D eigenvalue weighted by Gasteiger charge is 2.35. The summed E-state index contributed by atoms with van der Waals surface area (Å²) in [4.78, 5) is 19.2. The summed E-state index contributed by atoms with van der Waals surface area (Å²) in [5.41, 5.74) is 1.50. The Kier molecular flexibility index (Phi) is 5.49. The zero-order valence-corrected chi connectivity index (χ0v) is 17.8. The smallest absolute Gasteiger partial charge is 0.293 e. The van der Waals surface area contributed by atoms with E-state index < -0.39 is 5.82 Å². The van der Waals surface area contributed by atoms with E-state index in [0.717, 1.165) is 18.4 Å². The van der Waals surface area contributed by atoms with Crippen LogP contribution in [0.15, 0.2) is 69.7 Å². The van der Waals surface area contributed by atoms with E-state index in [9.17, 15) is 9.18 Å². The lowest BCUT2D eigenvalue weighted by molar-refractivity contribution is 0.0672. The minimum absolute atomic E-state index is 0.0537. The average Bonchev–Trinajstić information content (AvgIpc) is 3.56. The third-order valence-corrected chi connectivity index (χ3v) is 5.93. The number of likely N-dealkylation sites (tertiary alicyclic amines) is 1. The molecule has 1 aliphatic rings. The maximum absolute atomic E-state index is 14.0. The standard InChI is InChI=1S/C24H19ClFN3O3/c25-18-8-3-1-6-15(18)12-16-14-27-23(31-16)21-10-5-11-29(21)24(30)22-13-20(28-32-22)17-7-2-4-9-19(17)26/h1-4,6-9,13-14,21H,5,10-12H2/t21-/m0/s1. The van der Waals surface area contributed by atoms with Crippen LogP contribution in [0.3, 0.4) is 0 Å². The van der Waals surface area contributed by atoms with Gasteiger partial charge in [0.2, 0.25) is 11.7 Å². The first-order chi connectivity index (χ1) is 15.6. The van der Waals surface area contributed by atoms with Crippen molar-refractivity contribution in [3.63, 3.8) is 0 Å². The predicted octanol–water partition coefficient (Wildman–Crippen LogP) is 5.69. The number of nitrogens with zero attached hydrogens (tertiary/aromatic N) is 3. The highest BCUT2D eigenvalue weighted by atomic mass is 35.5. The minimum atomic E-state index is -0.426. The lowest BCUT2D eigenvalue weighted by atomic mass is 10.1. The summed E-state index contributed by atoms with van der Waals surface area (Å²) in [6.45, 7) is 0.543. The number of hydrogen-bond acceptors (Lipinski definition) is 5. The van der Waals surface area contributed by atoms with E-state index in [-0.39, 0.29) is 29.0 Å². The quantitative estimate of drug-likeness (QED) is 0.389. The van der Waals surface area contributed by atoms with E-state index in [1.165, 1.54) is 12.1 Å². The molecule has 1 aliphatic heterocycles. The molecule has 32 heavy (non-hydrogen) atoms. The molecular formula is C24H19ClFN3O3. The third kappa shape index (κ3) is 3.91. The molecule has 0 aliphatic carbocycles. The van der Waals surface area contributed by atoms with Gasteiger partial charge in [-0.15, -0.1) is 0 Å². The molecule has 1 saturated heterocycles. The number of oxazole rings is 1. The number of halogens is 2. The van der Waals surface area contributed by atoms with Crippen LogP contribution >= 0.6 is 11.6 Å². The number of carbonyl (C=O) groups is 1. The summed E-state index contributed by atoms with van der Waals surface area (Å²) in [7, 11) is 0. The second kappa shape index (κ2) is 8.59. The summed E-state index contributed by atoms with van der Waals surface area (Å²) in [6.07, 6.45) is 3.73. The Labute approximate surface area is 188 Å². The first-order valence-corrected chi connectivity index (χ1v) is 10.7. The summed E-state index contributed by atoms with van der Waals surface area (Å²) < 4.78 is 25.3. The molecule has 0 saturated carbocycles. The molecule has 1 atom stereocenters. The first kappa shape index (κ1) is 20.5. The van der Waals surface area contributed by atoms with Gasteiger partial charge in [0, 0.05) is 29.6 Å². The van der Waals surface area contributed by atoms with E-state index in [4.69, 9.17) is 20.5 Å². The maximum Gasteiger partial charge on any atom is 0.293 e. The molecule has 3 heterocycles. The van der Waals surface area contributed by atoms with E-state index in [2.05, 4.69) is 10.1 Å². The number of benzene rings is 2. The summed E-state index contributed by atoms with van der Waals surface area (Å²) >= 11 is 6.24. The minimum Gasteiger partial charge on any atom is -0.443 e. The van der Waals surface area contributed by atoms with Crippen molar-refractivity contribution in [1.29, 1.82) is 0 Å². The van der Waals surface area contributed by atoms with Crippen LogP contribution in [0.5, 0.6) is 0 Å². The van der Waals surface area contributed by atoms with Gasteiger partial charge in [0.1, 0.15) is 23.3 Å². The zero-order valence-electron chi connectivity index (χ0n) is 17.0. The molecule has 1 amide bonds. The van der Waals surface area contributed by atoms with Crippen molar-refractivity contribution in [2.75, 3.05) is 6.54 Å². The van der Waals surface area contributed by atoms with Crippen molar-refractivity contribution >= 4 is 17.5 Å². The Bertz CT molecular complexity index is 1270. The fraction of sp³-hybridized carbons (Fsp3) is 0.208. The van der Waals surface area contributed by atoms with Crippen LogP contribution in [0.2, 0.25) is 5.02 Å². The topological polar surface area (TPSA) is 72.4 Å². The molecule has 162 valence electrons. The molecule has 0 radical (unpaired) electrons. The van der Waals surface area contributed by atoms with Crippen molar-refractivity contribution in [2.45, 2.75) is 25.3 Å². The lowest BCUT2D eigenvalue weighted by Crippen LogP contribution is -2.30. The Morgan fingerprint density at radius 2 is 2.00 bits per heavy atom. The normalized spacial score (nSPS) is 15.9. The average molecular weight is 452 g/mol. The largest absolute Gasteiger partial charge is 0.443 e. The van der Waals surface area contributed by atoms with Gasteiger partial charge < -0.3 is 13.8 Å². The van der Waals surface area contributed by atoms with Crippen molar-refractivity contribution in [1.82, 2.24) is 15.0 Å². The monoisotopic (exact) mass is 451 g/mol. The lowest BCUT2D eigenvalue weighted by Gasteiger charge is -2.20. The van der Waals surface area contributed by atoms with Gasteiger partial charge in [-0.05, 0) is 36.6 Å². The van der Waals surface area contributed by atoms with Crippen molar-refractivity contribution in [3.05, 3.63) is 94.6 Å². The molecular weight excluding hydrogens is 433 g/mol. The van der Waals surface area contributed by atoms with E-state index in [0.29, 0.717) is 29.6 Å². The van der Waals surface area contributed by atoms with Crippen LogP contribution in [-0.4, -0.2) is 27.5 Å². The SMILES string of the molecule is O=C(c1cc(-c2ccccc2F)no1)N1CCC[C@H]1c1ncc(Cc2ccccc2Cl)o1. The number of carbonyl (C=O) groups excluding carboxylic acids is 1. The van der Waals surface area contributed by atoms with Gasteiger partial charge in [-0.3, -0.25) is 4.79 Å². The molecule has 0 bridgehead atoms. The van der Waals surface area contributed by atoms with Gasteiger partial charge in [-0.2, -0.15) is 0 Å². The second-order valence-electron chi connectivity index (χ2n) is 7.65. The Morgan fingerprint density at radius 1 is 1.19 bits per heavy atom. The zero-order chi connectivity index (χ0) is 22.1. The maximum atomic E-state index is 14.0. The van der Waals surface area contributed by atoms with Gasteiger partial charge in [-0.25, -0.2) is 9.37 Å². The fourth-order valence-electron chi connectivity index (χ4n) is 3.97. The van der Waals surface area contributed by atoms with Crippen LogP contribution < -0.4 is 0 Å². The highest BCUT2D eigenvalue weighted by molar-refractivity contribution is 6.31. The Morgan fingerprint density at radius 3 is 2.84 bits per heavy atom. The molecule has 2 aromatic carbocycles. The Hall–Kier alpha value is -3.45. The second-order valence-corrected chi connectivity index (χ2v) is 8.05. The predicted molar refractivity (Wildman–Crippen MR) is 116 cm³/mol. The van der Waals surface area contributed by atoms with Gasteiger partial charge in [-0.1, -0.05) is 47.1 Å². The fourth-order valence-corrected chi connectivity index (χ4v) is 4.17. The molecule has 4 aromatic rings. The molecule has 6 nitrogen and oxygen atoms in total. The summed E-state index contributed by atoms with van der Waals surface area (Å²) in [6, 6.07) is 15.0. The summed E-state index contributed by atoms with van der Waals surface area (Å²) in [5, 5.41) is 4.55. The van der Waals surface area contributed by atoms with Crippen molar-refractivity contribution in [2.24, 2.45) is 0 Å². The number of hydrogen-bond donors (Lipinski definition) is 0. The van der Waals surface area contributed by atoms with Crippen LogP contribution in [0.25, 0.3) is 11.3 Å². The molecule has 0 N–H and O–H groups in total. The molecule has 2 aromatic heterocycles. The van der Waals surface area contributed by atoms with E-state index >= 15 is 0 Å². The van der Waals surface area contributed by atoms with Crippen molar-refractivity contribution in [3.8, 4) is 11.3 Å². The van der Waals surface area contributed by atoms with Gasteiger partial charge >= 0.3 is 0 Å². The van der Waals surface area contributed by atoms with Crippen LogP contribution in [-0.2, 0) is 6.42 Å². The number of amides is 1. The van der Waals surface area contributed by atoms with Crippen LogP contribution in [0.1, 0.15) is 46.7 Å². The third-order valence-electron chi connectivity index (χ3n) is 5.56. The van der Waals surface area contributed by atoms with Crippen molar-refractivity contribution < 1.29 is 18.1 Å². The highest BCUT2D eigenvalue weighted by Crippen LogP contribution is 2.34. The van der Waals surface area contributed by atoms with Gasteiger partial charge in [0.25, 0.3) is 5.91 Å². The van der Waals surface area contributed by atoms with Gasteiger partial charge in [0.15, 0.2) is 0 Å². The molecule has 0 unspecified atom stereocenters. The summed E-state index contributed by atoms with van der Waals surface area (Å²) in [5.74, 6) is 0.455. The van der Waals surface area contributed by atoms with Gasteiger partial charge in [0.05, 0.1) is 6.20 Å². The molecule has 1 fully saturated rings. The number of rotatable bonds is 5. The van der Waals surface area contributed by atoms with Crippen LogP contribution in [0, 0.1) is 5.82 Å². The van der Waals surface area contributed by atoms with E-state index in [1.54, 1.807) is 29.3 Å². The molecule has 8 heteroatoms. The Balaban J connectivity index is 1.34. The number of aromatic nitrogens is 2. The molecule has 0 spiro atoms. The van der Waals surface area contributed by atoms with E-state index in [1.807, 2.05) is 24.3 Å².